The van der Waals surface area contributed by atoms with Gasteiger partial charge in [0.2, 0.25) is 5.91 Å². The Bertz CT molecular complexity index is 618. The average Bonchev–Trinajstić information content (AvgIpc) is 3.15. The zero-order valence-electron chi connectivity index (χ0n) is 12.6. The molecule has 6 nitrogen and oxygen atoms in total. The van der Waals surface area contributed by atoms with E-state index in [1.54, 1.807) is 17.5 Å². The maximum Gasteiger partial charge on any atom is 0.252 e. The van der Waals surface area contributed by atoms with Crippen molar-refractivity contribution in [2.45, 2.75) is 36.1 Å². The fraction of sp³-hybridized carbons (Fsp3) is 0.643. The molecule has 0 bridgehead atoms. The molecule has 122 valence electrons. The Morgan fingerprint density at radius 3 is 2.55 bits per heavy atom. The number of carbonyl (C=O) groups is 1. The zero-order valence-corrected chi connectivity index (χ0v) is 14.2. The van der Waals surface area contributed by atoms with Crippen molar-refractivity contribution in [3.05, 3.63) is 17.5 Å². The van der Waals surface area contributed by atoms with Gasteiger partial charge >= 0.3 is 0 Å². The molecule has 1 N–H and O–H groups in total. The Hall–Kier alpha value is -0.960. The summed E-state index contributed by atoms with van der Waals surface area (Å²) >= 11 is 1.24. The second-order valence-electron chi connectivity index (χ2n) is 5.83. The summed E-state index contributed by atoms with van der Waals surface area (Å²) in [4.78, 5) is 14.1. The summed E-state index contributed by atoms with van der Waals surface area (Å²) in [6, 6.07) is 3.54. The van der Waals surface area contributed by atoms with Crippen LogP contribution >= 0.6 is 11.3 Å². The van der Waals surface area contributed by atoms with E-state index < -0.39 is 10.0 Å². The predicted octanol–water partition coefficient (Wildman–Crippen LogP) is 0.721. The number of sulfonamides is 1. The van der Waals surface area contributed by atoms with Gasteiger partial charge in [0.05, 0.1) is 6.04 Å². The van der Waals surface area contributed by atoms with Gasteiger partial charge in [-0.25, -0.2) is 8.42 Å². The van der Waals surface area contributed by atoms with Crippen molar-refractivity contribution in [2.24, 2.45) is 0 Å². The van der Waals surface area contributed by atoms with Gasteiger partial charge in [-0.15, -0.1) is 11.3 Å². The highest BCUT2D eigenvalue weighted by atomic mass is 32.2. The summed E-state index contributed by atoms with van der Waals surface area (Å²) in [7, 11) is -3.37. The lowest BCUT2D eigenvalue weighted by molar-refractivity contribution is -0.126. The van der Waals surface area contributed by atoms with Crippen molar-refractivity contribution in [1.29, 1.82) is 0 Å². The number of carbonyl (C=O) groups excluding carboxylic acids is 1. The van der Waals surface area contributed by atoms with Crippen molar-refractivity contribution in [3.8, 4) is 0 Å². The number of rotatable bonds is 5. The highest BCUT2D eigenvalue weighted by Crippen LogP contribution is 2.23. The van der Waals surface area contributed by atoms with Crippen LogP contribution in [0.5, 0.6) is 0 Å². The van der Waals surface area contributed by atoms with Crippen LogP contribution in [0.1, 0.15) is 19.8 Å². The van der Waals surface area contributed by atoms with E-state index in [4.69, 9.17) is 0 Å². The normalized spacial score (nSPS) is 22.4. The van der Waals surface area contributed by atoms with Gasteiger partial charge in [0, 0.05) is 32.2 Å². The summed E-state index contributed by atoms with van der Waals surface area (Å²) in [5, 5.41) is 4.78. The van der Waals surface area contributed by atoms with E-state index in [-0.39, 0.29) is 11.9 Å². The minimum Gasteiger partial charge on any atom is -0.352 e. The molecule has 8 heteroatoms. The maximum absolute atomic E-state index is 12.5. The van der Waals surface area contributed by atoms with Gasteiger partial charge in [-0.2, -0.15) is 4.31 Å². The van der Waals surface area contributed by atoms with E-state index in [9.17, 15) is 13.2 Å². The lowest BCUT2D eigenvalue weighted by Gasteiger charge is -2.36. The lowest BCUT2D eigenvalue weighted by atomic mass is 10.2. The number of nitrogens with zero attached hydrogens (tertiary/aromatic N) is 2. The molecule has 1 aliphatic carbocycles. The van der Waals surface area contributed by atoms with E-state index >= 15 is 0 Å². The molecule has 22 heavy (non-hydrogen) atoms. The first-order valence-electron chi connectivity index (χ1n) is 7.56. The molecule has 1 saturated heterocycles. The van der Waals surface area contributed by atoms with Gasteiger partial charge in [-0.05, 0) is 31.2 Å². The standard InChI is InChI=1S/C14H21N3O3S2/c1-11(14(18)15-12-4-5-12)16-6-8-17(9-7-16)22(19,20)13-3-2-10-21-13/h2-3,10-12H,4-9H2,1H3,(H,15,18)/t11-/m1/s1. The third-order valence-corrected chi connectivity index (χ3v) is 7.49. The van der Waals surface area contributed by atoms with Crippen LogP contribution in [0.15, 0.2) is 21.7 Å². The van der Waals surface area contributed by atoms with Gasteiger partial charge in [-0.1, -0.05) is 6.07 Å². The van der Waals surface area contributed by atoms with E-state index in [1.807, 2.05) is 6.92 Å². The average molecular weight is 343 g/mol. The minimum absolute atomic E-state index is 0.0528. The van der Waals surface area contributed by atoms with Gasteiger partial charge < -0.3 is 5.32 Å². The lowest BCUT2D eigenvalue weighted by Crippen LogP contribution is -2.55. The van der Waals surface area contributed by atoms with Crippen molar-refractivity contribution in [1.82, 2.24) is 14.5 Å². The van der Waals surface area contributed by atoms with Crippen molar-refractivity contribution >= 4 is 27.3 Å². The molecule has 3 rings (SSSR count). The van der Waals surface area contributed by atoms with Crippen LogP contribution in [0.3, 0.4) is 0 Å². The number of nitrogens with one attached hydrogen (secondary N) is 1. The second kappa shape index (κ2) is 6.27. The molecule has 0 spiro atoms. The van der Waals surface area contributed by atoms with E-state index in [0.717, 1.165) is 12.8 Å². The Kier molecular flexibility index (Phi) is 4.54. The largest absolute Gasteiger partial charge is 0.352 e. The number of piperazine rings is 1. The van der Waals surface area contributed by atoms with Gasteiger partial charge in [0.1, 0.15) is 4.21 Å². The first-order valence-corrected chi connectivity index (χ1v) is 9.88. The number of hydrogen-bond donors (Lipinski definition) is 1. The summed E-state index contributed by atoms with van der Waals surface area (Å²) in [5.41, 5.74) is 0. The number of amides is 1. The summed E-state index contributed by atoms with van der Waals surface area (Å²) in [6.07, 6.45) is 2.15. The van der Waals surface area contributed by atoms with Gasteiger partial charge in [0.15, 0.2) is 0 Å². The summed E-state index contributed by atoms with van der Waals surface area (Å²) in [6.45, 7) is 3.93. The zero-order chi connectivity index (χ0) is 15.7. The highest BCUT2D eigenvalue weighted by Gasteiger charge is 2.33. The Balaban J connectivity index is 1.57. The van der Waals surface area contributed by atoms with Crippen LogP contribution in [0.4, 0.5) is 0 Å². The topological polar surface area (TPSA) is 69.7 Å². The molecule has 1 aromatic rings. The Morgan fingerprint density at radius 2 is 2.00 bits per heavy atom. The number of hydrogen-bond acceptors (Lipinski definition) is 5. The van der Waals surface area contributed by atoms with Crippen LogP contribution in [0.25, 0.3) is 0 Å². The molecule has 2 heterocycles. The van der Waals surface area contributed by atoms with E-state index in [2.05, 4.69) is 10.2 Å². The van der Waals surface area contributed by atoms with Gasteiger partial charge in [-0.3, -0.25) is 9.69 Å². The molecular formula is C14H21N3O3S2. The molecule has 1 amide bonds. The quantitative estimate of drug-likeness (QED) is 0.855. The van der Waals surface area contributed by atoms with Crippen molar-refractivity contribution in [2.75, 3.05) is 26.2 Å². The molecule has 0 radical (unpaired) electrons. The molecule has 1 saturated carbocycles. The maximum atomic E-state index is 12.5. The molecule has 0 unspecified atom stereocenters. The summed E-state index contributed by atoms with van der Waals surface area (Å²) < 4.78 is 26.8. The predicted molar refractivity (Wildman–Crippen MR) is 85.3 cm³/mol. The van der Waals surface area contributed by atoms with Gasteiger partial charge in [0.25, 0.3) is 10.0 Å². The molecule has 1 atom stereocenters. The van der Waals surface area contributed by atoms with Crippen LogP contribution in [-0.2, 0) is 14.8 Å². The second-order valence-corrected chi connectivity index (χ2v) is 8.94. The monoisotopic (exact) mass is 343 g/mol. The summed E-state index contributed by atoms with van der Waals surface area (Å²) in [5.74, 6) is 0.0528. The first-order chi connectivity index (χ1) is 10.5. The van der Waals surface area contributed by atoms with Crippen molar-refractivity contribution < 1.29 is 13.2 Å². The minimum atomic E-state index is -3.37. The van der Waals surface area contributed by atoms with Crippen molar-refractivity contribution in [3.63, 3.8) is 0 Å². The Morgan fingerprint density at radius 1 is 1.32 bits per heavy atom. The third kappa shape index (κ3) is 3.34. The molecule has 0 aromatic carbocycles. The first kappa shape index (κ1) is 15.9. The van der Waals surface area contributed by atoms with E-state index in [0.29, 0.717) is 36.4 Å². The van der Waals surface area contributed by atoms with Crippen LogP contribution < -0.4 is 5.32 Å². The van der Waals surface area contributed by atoms with Crippen LogP contribution in [0.2, 0.25) is 0 Å². The van der Waals surface area contributed by atoms with Crippen LogP contribution in [-0.4, -0.2) is 61.8 Å². The molecule has 1 aliphatic heterocycles. The van der Waals surface area contributed by atoms with Crippen LogP contribution in [0, 0.1) is 0 Å². The fourth-order valence-electron chi connectivity index (χ4n) is 2.58. The molecule has 1 aromatic heterocycles. The smallest absolute Gasteiger partial charge is 0.252 e. The molecule has 2 fully saturated rings. The molecule has 2 aliphatic rings. The highest BCUT2D eigenvalue weighted by molar-refractivity contribution is 7.91. The fourth-order valence-corrected chi connectivity index (χ4v) is 5.15. The Labute approximate surface area is 135 Å². The molecular weight excluding hydrogens is 322 g/mol. The third-order valence-electron chi connectivity index (χ3n) is 4.21. The number of thiophene rings is 1. The SMILES string of the molecule is C[C@H](C(=O)NC1CC1)N1CCN(S(=O)(=O)c2cccs2)CC1. The van der Waals surface area contributed by atoms with E-state index in [1.165, 1.54) is 15.6 Å².